The monoisotopic (exact) mass is 202 g/mol. The smallest absolute Gasteiger partial charge is 0.146 e. The maximum Gasteiger partial charge on any atom is 0.146 e. The normalized spacial score (nSPS) is 18.5. The topological polar surface area (TPSA) is 9.23 Å². The second-order valence-corrected chi connectivity index (χ2v) is 4.70. The Balaban J connectivity index is 3.98. The summed E-state index contributed by atoms with van der Waals surface area (Å²) < 4.78 is 5.72. The first-order valence-electron chi connectivity index (χ1n) is 5.70. The molecule has 0 aromatic heterocycles. The third-order valence-corrected chi connectivity index (χ3v) is 3.43. The summed E-state index contributed by atoms with van der Waals surface area (Å²) in [7, 11) is 0.882. The van der Waals surface area contributed by atoms with Gasteiger partial charge >= 0.3 is 0 Å². The Morgan fingerprint density at radius 1 is 1.00 bits per heavy atom. The summed E-state index contributed by atoms with van der Waals surface area (Å²) in [6, 6.07) is 0. The van der Waals surface area contributed by atoms with Gasteiger partial charge in [-0.2, -0.15) is 0 Å². The molecule has 0 heterocycles. The molecule has 1 nitrogen and oxygen atoms in total. The van der Waals surface area contributed by atoms with E-state index in [1.165, 1.54) is 25.7 Å². The second-order valence-electron chi connectivity index (χ2n) is 4.23. The number of hydrogen-bond acceptors (Lipinski definition) is 1. The summed E-state index contributed by atoms with van der Waals surface area (Å²) in [6.07, 6.45) is 5.69. The minimum absolute atomic E-state index is 0.520. The van der Waals surface area contributed by atoms with Crippen LogP contribution in [0.15, 0.2) is 0 Å². The Morgan fingerprint density at radius 2 is 1.38 bits per heavy atom. The molecule has 0 amide bonds. The fourth-order valence-corrected chi connectivity index (χ4v) is 3.19. The molecule has 0 aliphatic heterocycles. The van der Waals surface area contributed by atoms with Gasteiger partial charge in [0.15, 0.2) is 0 Å². The van der Waals surface area contributed by atoms with E-state index in [-0.39, 0.29) is 0 Å². The molecular formula is C11H26OSi. The number of rotatable bonds is 7. The van der Waals surface area contributed by atoms with Crippen LogP contribution in [0.3, 0.4) is 0 Å². The lowest BCUT2D eigenvalue weighted by Crippen LogP contribution is -2.28. The Kier molecular flexibility index (Phi) is 7.67. The molecule has 0 N–H and O–H groups in total. The van der Waals surface area contributed by atoms with Gasteiger partial charge in [0.1, 0.15) is 10.5 Å². The average molecular weight is 202 g/mol. The average Bonchev–Trinajstić information content (AvgIpc) is 2.06. The maximum absolute atomic E-state index is 5.72. The largest absolute Gasteiger partial charge is 0.425 e. The van der Waals surface area contributed by atoms with Gasteiger partial charge in [0, 0.05) is 6.10 Å². The zero-order chi connectivity index (χ0) is 10.3. The minimum Gasteiger partial charge on any atom is -0.425 e. The third kappa shape index (κ3) is 4.82. The minimum atomic E-state index is 0.520. The van der Waals surface area contributed by atoms with E-state index in [1.807, 2.05) is 0 Å². The van der Waals surface area contributed by atoms with Crippen molar-refractivity contribution in [2.24, 2.45) is 11.8 Å². The van der Waals surface area contributed by atoms with E-state index in [1.54, 1.807) is 0 Å². The summed E-state index contributed by atoms with van der Waals surface area (Å²) in [5.41, 5.74) is 0. The predicted octanol–water partition coefficient (Wildman–Crippen LogP) is 2.52. The van der Waals surface area contributed by atoms with Crippen LogP contribution in [0.1, 0.15) is 53.4 Å². The van der Waals surface area contributed by atoms with Crippen molar-refractivity contribution in [2.45, 2.75) is 59.5 Å². The van der Waals surface area contributed by atoms with E-state index in [0.717, 1.165) is 22.3 Å². The molecule has 0 saturated carbocycles. The van der Waals surface area contributed by atoms with E-state index in [2.05, 4.69) is 27.7 Å². The lowest BCUT2D eigenvalue weighted by Gasteiger charge is -2.28. The van der Waals surface area contributed by atoms with Gasteiger partial charge in [-0.05, 0) is 24.7 Å². The van der Waals surface area contributed by atoms with Crippen molar-refractivity contribution in [2.75, 3.05) is 0 Å². The molecule has 0 bridgehead atoms. The summed E-state index contributed by atoms with van der Waals surface area (Å²) >= 11 is 0. The van der Waals surface area contributed by atoms with E-state index >= 15 is 0 Å². The van der Waals surface area contributed by atoms with Gasteiger partial charge in [-0.15, -0.1) is 0 Å². The quantitative estimate of drug-likeness (QED) is 0.577. The van der Waals surface area contributed by atoms with Crippen molar-refractivity contribution >= 4 is 10.5 Å². The molecule has 0 aliphatic rings. The maximum atomic E-state index is 5.72. The third-order valence-electron chi connectivity index (χ3n) is 2.88. The molecule has 80 valence electrons. The zero-order valence-corrected chi connectivity index (χ0v) is 12.0. The molecule has 13 heavy (non-hydrogen) atoms. The first-order valence-corrected chi connectivity index (χ1v) is 6.51. The van der Waals surface area contributed by atoms with Crippen molar-refractivity contribution in [3.63, 3.8) is 0 Å². The van der Waals surface area contributed by atoms with E-state index in [9.17, 15) is 0 Å². The SMILES string of the molecule is CCCC(C)C(O[SiH3])C(C)CCC. The van der Waals surface area contributed by atoms with Crippen LogP contribution in [-0.2, 0) is 4.43 Å². The van der Waals surface area contributed by atoms with Crippen LogP contribution in [-0.4, -0.2) is 16.6 Å². The molecule has 0 fully saturated rings. The summed E-state index contributed by atoms with van der Waals surface area (Å²) in [5.74, 6) is 1.48. The molecule has 0 saturated heterocycles. The van der Waals surface area contributed by atoms with E-state index < -0.39 is 0 Å². The standard InChI is InChI=1S/C11H26OSi/c1-5-7-9(3)11(12-13)10(4)8-6-2/h9-11H,5-8H2,1-4,13H3. The van der Waals surface area contributed by atoms with Crippen molar-refractivity contribution in [3.05, 3.63) is 0 Å². The van der Waals surface area contributed by atoms with Gasteiger partial charge in [0.05, 0.1) is 0 Å². The first-order chi connectivity index (χ1) is 6.17. The fraction of sp³-hybridized carbons (Fsp3) is 1.00. The van der Waals surface area contributed by atoms with Gasteiger partial charge < -0.3 is 4.43 Å². The molecule has 0 aromatic carbocycles. The second kappa shape index (κ2) is 7.57. The highest BCUT2D eigenvalue weighted by Crippen LogP contribution is 2.23. The zero-order valence-electron chi connectivity index (χ0n) is 9.97. The molecular weight excluding hydrogens is 176 g/mol. The predicted molar refractivity (Wildman–Crippen MR) is 63.0 cm³/mol. The highest BCUT2D eigenvalue weighted by Gasteiger charge is 2.21. The molecule has 0 aromatic rings. The number of hydrogen-bond donors (Lipinski definition) is 0. The molecule has 0 spiro atoms. The van der Waals surface area contributed by atoms with E-state index in [0.29, 0.717) is 6.10 Å². The summed E-state index contributed by atoms with van der Waals surface area (Å²) in [5, 5.41) is 0. The highest BCUT2D eigenvalue weighted by atomic mass is 28.2. The Labute approximate surface area is 86.8 Å². The Bertz CT molecular complexity index is 105. The summed E-state index contributed by atoms with van der Waals surface area (Å²) in [6.45, 7) is 9.17. The van der Waals surface area contributed by atoms with Gasteiger partial charge in [-0.1, -0.05) is 40.5 Å². The Hall–Kier alpha value is 0.177. The van der Waals surface area contributed by atoms with Gasteiger partial charge in [-0.3, -0.25) is 0 Å². The lowest BCUT2D eigenvalue weighted by atomic mass is 9.88. The van der Waals surface area contributed by atoms with E-state index in [4.69, 9.17) is 4.43 Å². The van der Waals surface area contributed by atoms with Crippen molar-refractivity contribution in [1.82, 2.24) is 0 Å². The van der Waals surface area contributed by atoms with Crippen molar-refractivity contribution in [3.8, 4) is 0 Å². The van der Waals surface area contributed by atoms with Crippen LogP contribution >= 0.6 is 0 Å². The fourth-order valence-electron chi connectivity index (χ4n) is 2.26. The van der Waals surface area contributed by atoms with Crippen LogP contribution in [0.2, 0.25) is 0 Å². The van der Waals surface area contributed by atoms with Crippen LogP contribution in [0.25, 0.3) is 0 Å². The molecule has 2 heteroatoms. The van der Waals surface area contributed by atoms with Crippen molar-refractivity contribution in [1.29, 1.82) is 0 Å². The molecule has 2 atom stereocenters. The molecule has 0 rings (SSSR count). The van der Waals surface area contributed by atoms with Crippen LogP contribution < -0.4 is 0 Å². The molecule has 2 unspecified atom stereocenters. The van der Waals surface area contributed by atoms with Crippen LogP contribution in [0.5, 0.6) is 0 Å². The van der Waals surface area contributed by atoms with Crippen LogP contribution in [0.4, 0.5) is 0 Å². The van der Waals surface area contributed by atoms with Gasteiger partial charge in [0.2, 0.25) is 0 Å². The highest BCUT2D eigenvalue weighted by molar-refractivity contribution is 5.98. The van der Waals surface area contributed by atoms with Crippen LogP contribution in [0, 0.1) is 11.8 Å². The first kappa shape index (κ1) is 13.2. The molecule has 0 radical (unpaired) electrons. The Morgan fingerprint density at radius 3 is 1.62 bits per heavy atom. The summed E-state index contributed by atoms with van der Waals surface area (Å²) in [4.78, 5) is 0. The van der Waals surface area contributed by atoms with Gasteiger partial charge in [-0.25, -0.2) is 0 Å². The molecule has 0 aliphatic carbocycles. The lowest BCUT2D eigenvalue weighted by molar-refractivity contribution is 0.0901. The van der Waals surface area contributed by atoms with Gasteiger partial charge in [0.25, 0.3) is 0 Å². The van der Waals surface area contributed by atoms with Crippen molar-refractivity contribution < 1.29 is 4.43 Å².